The molecule has 0 aromatic heterocycles. The molecule has 0 spiro atoms. The first kappa shape index (κ1) is 17.1. The van der Waals surface area contributed by atoms with Gasteiger partial charge in [0.05, 0.1) is 11.0 Å². The number of alkyl halides is 2. The fourth-order valence-corrected chi connectivity index (χ4v) is 3.74. The summed E-state index contributed by atoms with van der Waals surface area (Å²) >= 11 is 0. The van der Waals surface area contributed by atoms with Crippen LogP contribution in [0.3, 0.4) is 0 Å². The first-order chi connectivity index (χ1) is 10.3. The van der Waals surface area contributed by atoms with Crippen molar-refractivity contribution in [3.05, 3.63) is 29.6 Å². The number of benzene rings is 1. The third-order valence-electron chi connectivity index (χ3n) is 3.78. The molecular formula is C14H18F3NO3S. The maximum absolute atomic E-state index is 13.7. The molecular weight excluding hydrogens is 319 g/mol. The molecule has 1 atom stereocenters. The third kappa shape index (κ3) is 4.36. The van der Waals surface area contributed by atoms with E-state index in [1.165, 1.54) is 6.07 Å². The Hall–Kier alpha value is -1.28. The molecule has 0 bridgehead atoms. The maximum Gasteiger partial charge on any atom is 0.387 e. The van der Waals surface area contributed by atoms with Crippen LogP contribution < -0.4 is 4.74 Å². The van der Waals surface area contributed by atoms with E-state index >= 15 is 0 Å². The summed E-state index contributed by atoms with van der Waals surface area (Å²) in [5.74, 6) is -1.28. The number of rotatable bonds is 4. The van der Waals surface area contributed by atoms with Crippen molar-refractivity contribution in [2.75, 3.05) is 18.8 Å². The molecule has 1 saturated heterocycles. The normalized spacial score (nSPS) is 22.5. The highest BCUT2D eigenvalue weighted by atomic mass is 32.2. The summed E-state index contributed by atoms with van der Waals surface area (Å²) in [7, 11) is -3.07. The van der Waals surface area contributed by atoms with E-state index in [0.717, 1.165) is 12.1 Å². The SMILES string of the molecule is C[C@H]1CCN(Cc2ccc(OC(F)F)c(F)c2)CCS1(=O)=O. The van der Waals surface area contributed by atoms with Gasteiger partial charge in [-0.25, -0.2) is 12.8 Å². The average Bonchev–Trinajstić information content (AvgIpc) is 2.55. The lowest BCUT2D eigenvalue weighted by Gasteiger charge is -2.19. The van der Waals surface area contributed by atoms with E-state index in [4.69, 9.17) is 0 Å². The van der Waals surface area contributed by atoms with Crippen molar-refractivity contribution in [2.45, 2.75) is 31.8 Å². The van der Waals surface area contributed by atoms with Gasteiger partial charge in [0.2, 0.25) is 0 Å². The number of nitrogens with zero attached hydrogens (tertiary/aromatic N) is 1. The zero-order valence-corrected chi connectivity index (χ0v) is 13.0. The van der Waals surface area contributed by atoms with Crippen molar-refractivity contribution in [2.24, 2.45) is 0 Å². The van der Waals surface area contributed by atoms with Gasteiger partial charge in [-0.15, -0.1) is 0 Å². The summed E-state index contributed by atoms with van der Waals surface area (Å²) in [4.78, 5) is 1.92. The van der Waals surface area contributed by atoms with E-state index in [2.05, 4.69) is 4.74 Å². The topological polar surface area (TPSA) is 46.6 Å². The van der Waals surface area contributed by atoms with Gasteiger partial charge in [0.15, 0.2) is 21.4 Å². The lowest BCUT2D eigenvalue weighted by atomic mass is 10.2. The average molecular weight is 337 g/mol. The van der Waals surface area contributed by atoms with E-state index in [-0.39, 0.29) is 11.0 Å². The van der Waals surface area contributed by atoms with Gasteiger partial charge in [-0.05, 0) is 37.6 Å². The van der Waals surface area contributed by atoms with Gasteiger partial charge in [0, 0.05) is 13.1 Å². The van der Waals surface area contributed by atoms with Gasteiger partial charge >= 0.3 is 6.61 Å². The van der Waals surface area contributed by atoms with Crippen molar-refractivity contribution in [1.82, 2.24) is 4.90 Å². The van der Waals surface area contributed by atoms with Crippen LogP contribution in [0, 0.1) is 5.82 Å². The molecule has 0 N–H and O–H groups in total. The van der Waals surface area contributed by atoms with Crippen LogP contribution in [0.4, 0.5) is 13.2 Å². The molecule has 1 aliphatic heterocycles. The molecule has 0 aliphatic carbocycles. The Morgan fingerprint density at radius 2 is 2.09 bits per heavy atom. The van der Waals surface area contributed by atoms with Crippen molar-refractivity contribution >= 4 is 9.84 Å². The Kier molecular flexibility index (Phi) is 5.33. The van der Waals surface area contributed by atoms with E-state index in [1.54, 1.807) is 6.92 Å². The second kappa shape index (κ2) is 6.87. The molecule has 0 amide bonds. The lowest BCUT2D eigenvalue weighted by molar-refractivity contribution is -0.0522. The standard InChI is InChI=1S/C14H18F3NO3S/c1-10-4-5-18(6-7-22(10,19)20)9-11-2-3-13(12(15)8-11)21-14(16)17/h2-3,8,10,14H,4-7,9H2,1H3/t10-/m0/s1. The molecule has 1 aliphatic rings. The molecule has 0 saturated carbocycles. The number of hydrogen-bond acceptors (Lipinski definition) is 4. The molecule has 0 radical (unpaired) electrons. The first-order valence-corrected chi connectivity index (χ1v) is 8.66. The predicted molar refractivity (Wildman–Crippen MR) is 76.2 cm³/mol. The van der Waals surface area contributed by atoms with E-state index < -0.39 is 28.0 Å². The lowest BCUT2D eigenvalue weighted by Crippen LogP contribution is -2.26. The fourth-order valence-electron chi connectivity index (χ4n) is 2.36. The Morgan fingerprint density at radius 1 is 1.36 bits per heavy atom. The molecule has 0 unspecified atom stereocenters. The summed E-state index contributed by atoms with van der Waals surface area (Å²) in [6.07, 6.45) is 0.525. The molecule has 1 aromatic carbocycles. The van der Waals surface area contributed by atoms with Crippen LogP contribution in [-0.2, 0) is 16.4 Å². The third-order valence-corrected chi connectivity index (χ3v) is 5.99. The summed E-state index contributed by atoms with van der Waals surface area (Å²) in [5.41, 5.74) is 0.589. The molecule has 4 nitrogen and oxygen atoms in total. The van der Waals surface area contributed by atoms with Crippen LogP contribution >= 0.6 is 0 Å². The highest BCUT2D eigenvalue weighted by Gasteiger charge is 2.26. The number of sulfone groups is 1. The number of halogens is 3. The zero-order valence-electron chi connectivity index (χ0n) is 12.1. The highest BCUT2D eigenvalue weighted by Crippen LogP contribution is 2.22. The highest BCUT2D eigenvalue weighted by molar-refractivity contribution is 7.92. The van der Waals surface area contributed by atoms with E-state index in [1.807, 2.05) is 4.90 Å². The van der Waals surface area contributed by atoms with Crippen molar-refractivity contribution in [1.29, 1.82) is 0 Å². The van der Waals surface area contributed by atoms with Gasteiger partial charge in [-0.2, -0.15) is 8.78 Å². The van der Waals surface area contributed by atoms with Crippen LogP contribution in [0.1, 0.15) is 18.9 Å². The molecule has 1 fully saturated rings. The van der Waals surface area contributed by atoms with Crippen molar-refractivity contribution in [3.63, 3.8) is 0 Å². The van der Waals surface area contributed by atoms with Crippen molar-refractivity contribution in [3.8, 4) is 5.75 Å². The molecule has 1 heterocycles. The van der Waals surface area contributed by atoms with Crippen LogP contribution in [0.15, 0.2) is 18.2 Å². The molecule has 1 aromatic rings. The van der Waals surface area contributed by atoms with Gasteiger partial charge in [0.25, 0.3) is 0 Å². The zero-order chi connectivity index (χ0) is 16.3. The molecule has 22 heavy (non-hydrogen) atoms. The van der Waals surface area contributed by atoms with Crippen LogP contribution in [0.5, 0.6) is 5.75 Å². The predicted octanol–water partition coefficient (Wildman–Crippen LogP) is 2.44. The van der Waals surface area contributed by atoms with Gasteiger partial charge in [-0.1, -0.05) is 6.07 Å². The van der Waals surface area contributed by atoms with Gasteiger partial charge in [0.1, 0.15) is 0 Å². The minimum absolute atomic E-state index is 0.0726. The second-order valence-corrected chi connectivity index (χ2v) is 7.92. The minimum atomic E-state index is -3.07. The number of ether oxygens (including phenoxy) is 1. The monoisotopic (exact) mass is 337 g/mol. The summed E-state index contributed by atoms with van der Waals surface area (Å²) < 4.78 is 65.5. The first-order valence-electron chi connectivity index (χ1n) is 6.95. The maximum atomic E-state index is 13.7. The van der Waals surface area contributed by atoms with Crippen LogP contribution in [-0.4, -0.2) is 44.0 Å². The largest absolute Gasteiger partial charge is 0.432 e. The van der Waals surface area contributed by atoms with Gasteiger partial charge in [-0.3, -0.25) is 4.90 Å². The van der Waals surface area contributed by atoms with Crippen molar-refractivity contribution < 1.29 is 26.3 Å². The fraction of sp³-hybridized carbons (Fsp3) is 0.571. The molecule has 2 rings (SSSR count). The van der Waals surface area contributed by atoms with E-state index in [0.29, 0.717) is 31.6 Å². The smallest absolute Gasteiger partial charge is 0.387 e. The Bertz CT molecular complexity index is 622. The minimum Gasteiger partial charge on any atom is -0.432 e. The Labute approximate surface area is 127 Å². The quantitative estimate of drug-likeness (QED) is 0.847. The molecule has 8 heteroatoms. The summed E-state index contributed by atoms with van der Waals surface area (Å²) in [5, 5.41) is -0.379. The second-order valence-electron chi connectivity index (χ2n) is 5.39. The number of hydrogen-bond donors (Lipinski definition) is 0. The van der Waals surface area contributed by atoms with Crippen LogP contribution in [0.25, 0.3) is 0 Å². The van der Waals surface area contributed by atoms with Crippen LogP contribution in [0.2, 0.25) is 0 Å². The Balaban J connectivity index is 2.03. The van der Waals surface area contributed by atoms with Gasteiger partial charge < -0.3 is 4.74 Å². The Morgan fingerprint density at radius 3 is 2.73 bits per heavy atom. The van der Waals surface area contributed by atoms with E-state index in [9.17, 15) is 21.6 Å². The summed E-state index contributed by atoms with van der Waals surface area (Å²) in [6, 6.07) is 3.80. The summed E-state index contributed by atoms with van der Waals surface area (Å²) in [6.45, 7) is -0.0399. The molecule has 124 valence electrons.